The van der Waals surface area contributed by atoms with Crippen LogP contribution < -0.4 is 10.6 Å². The second-order valence-electron chi connectivity index (χ2n) is 4.67. The van der Waals surface area contributed by atoms with Crippen LogP contribution in [0.2, 0.25) is 0 Å². The zero-order chi connectivity index (χ0) is 13.2. The Balaban J connectivity index is 2.04. The van der Waals surface area contributed by atoms with Gasteiger partial charge in [0.2, 0.25) is 5.91 Å². The average Bonchev–Trinajstić information content (AvgIpc) is 2.86. The van der Waals surface area contributed by atoms with Crippen molar-refractivity contribution in [3.05, 3.63) is 42.2 Å². The van der Waals surface area contributed by atoms with E-state index in [4.69, 9.17) is 0 Å². The number of amides is 1. The Morgan fingerprint density at radius 1 is 1.32 bits per heavy atom. The quantitative estimate of drug-likeness (QED) is 0.837. The van der Waals surface area contributed by atoms with Crippen LogP contribution in [0.15, 0.2) is 36.7 Å². The maximum atomic E-state index is 12.0. The van der Waals surface area contributed by atoms with E-state index < -0.39 is 0 Å². The number of carbonyl (C=O) groups is 1. The number of aryl methyl sites for hydroxylation is 1. The normalized spacial score (nSPS) is 19.2. The maximum Gasteiger partial charge on any atom is 0.241 e. The predicted octanol–water partition coefficient (Wildman–Crippen LogP) is 0.848. The van der Waals surface area contributed by atoms with E-state index >= 15 is 0 Å². The van der Waals surface area contributed by atoms with Gasteiger partial charge in [0.15, 0.2) is 0 Å². The summed E-state index contributed by atoms with van der Waals surface area (Å²) < 4.78 is 1.76. The number of hydrogen-bond acceptors (Lipinski definition) is 3. The molecule has 0 bridgehead atoms. The van der Waals surface area contributed by atoms with E-state index in [2.05, 4.69) is 15.7 Å². The lowest BCUT2D eigenvalue weighted by molar-refractivity contribution is -0.124. The van der Waals surface area contributed by atoms with Gasteiger partial charge < -0.3 is 10.6 Å². The van der Waals surface area contributed by atoms with Crippen molar-refractivity contribution in [1.82, 2.24) is 20.4 Å². The van der Waals surface area contributed by atoms with Gasteiger partial charge in [-0.1, -0.05) is 24.3 Å². The van der Waals surface area contributed by atoms with Gasteiger partial charge in [0.25, 0.3) is 0 Å². The third kappa shape index (κ3) is 2.24. The molecule has 1 aliphatic rings. The minimum Gasteiger partial charge on any atom is -0.353 e. The SMILES string of the molecule is Cn1cc(-c2ccccc2C2NCCNC2=O)cn1. The average molecular weight is 256 g/mol. The van der Waals surface area contributed by atoms with Crippen LogP contribution in [0.25, 0.3) is 11.1 Å². The highest BCUT2D eigenvalue weighted by molar-refractivity contribution is 5.86. The highest BCUT2D eigenvalue weighted by Gasteiger charge is 2.25. The highest BCUT2D eigenvalue weighted by Crippen LogP contribution is 2.28. The van der Waals surface area contributed by atoms with Gasteiger partial charge in [0.05, 0.1) is 6.20 Å². The van der Waals surface area contributed by atoms with Crippen molar-refractivity contribution in [2.75, 3.05) is 13.1 Å². The van der Waals surface area contributed by atoms with Crippen molar-refractivity contribution >= 4 is 5.91 Å². The summed E-state index contributed by atoms with van der Waals surface area (Å²) in [5.41, 5.74) is 3.07. The van der Waals surface area contributed by atoms with Crippen molar-refractivity contribution in [3.8, 4) is 11.1 Å². The van der Waals surface area contributed by atoms with Crippen LogP contribution in [0.1, 0.15) is 11.6 Å². The van der Waals surface area contributed by atoms with E-state index in [1.54, 1.807) is 4.68 Å². The maximum absolute atomic E-state index is 12.0. The second kappa shape index (κ2) is 4.85. The van der Waals surface area contributed by atoms with Crippen LogP contribution >= 0.6 is 0 Å². The molecular weight excluding hydrogens is 240 g/mol. The standard InChI is InChI=1S/C14H16N4O/c1-18-9-10(8-17-18)11-4-2-3-5-12(11)13-14(19)16-7-6-15-13/h2-5,8-9,13,15H,6-7H2,1H3,(H,16,19). The molecule has 1 aromatic carbocycles. The number of nitrogens with one attached hydrogen (secondary N) is 2. The molecule has 1 unspecified atom stereocenters. The van der Waals surface area contributed by atoms with Gasteiger partial charge >= 0.3 is 0 Å². The molecule has 19 heavy (non-hydrogen) atoms. The first-order valence-corrected chi connectivity index (χ1v) is 6.35. The van der Waals surface area contributed by atoms with E-state index in [1.165, 1.54) is 0 Å². The van der Waals surface area contributed by atoms with Crippen molar-refractivity contribution in [2.45, 2.75) is 6.04 Å². The molecule has 0 spiro atoms. The smallest absolute Gasteiger partial charge is 0.241 e. The Morgan fingerprint density at radius 3 is 2.89 bits per heavy atom. The minimum atomic E-state index is -0.287. The molecule has 2 aromatic rings. The molecule has 0 aliphatic carbocycles. The molecule has 1 atom stereocenters. The molecule has 3 rings (SSSR count). The van der Waals surface area contributed by atoms with Crippen molar-refractivity contribution < 1.29 is 4.79 Å². The Labute approximate surface area is 111 Å². The van der Waals surface area contributed by atoms with E-state index in [0.717, 1.165) is 23.2 Å². The first kappa shape index (κ1) is 11.9. The van der Waals surface area contributed by atoms with Crippen LogP contribution in [0.4, 0.5) is 0 Å². The lowest BCUT2D eigenvalue weighted by Gasteiger charge is -2.25. The fourth-order valence-corrected chi connectivity index (χ4v) is 2.42. The predicted molar refractivity (Wildman–Crippen MR) is 72.4 cm³/mol. The number of hydrogen-bond donors (Lipinski definition) is 2. The molecule has 1 aromatic heterocycles. The summed E-state index contributed by atoms with van der Waals surface area (Å²) in [6.07, 6.45) is 3.78. The van der Waals surface area contributed by atoms with Crippen LogP contribution in [0, 0.1) is 0 Å². The lowest BCUT2D eigenvalue weighted by atomic mass is 9.95. The van der Waals surface area contributed by atoms with Gasteiger partial charge in [-0.25, -0.2) is 0 Å². The number of nitrogens with zero attached hydrogens (tertiary/aromatic N) is 2. The molecular formula is C14H16N4O. The van der Waals surface area contributed by atoms with Crippen molar-refractivity contribution in [3.63, 3.8) is 0 Å². The molecule has 1 fully saturated rings. The first-order chi connectivity index (χ1) is 9.25. The number of aromatic nitrogens is 2. The fourth-order valence-electron chi connectivity index (χ4n) is 2.42. The van der Waals surface area contributed by atoms with Gasteiger partial charge in [-0.15, -0.1) is 0 Å². The Morgan fingerprint density at radius 2 is 2.16 bits per heavy atom. The number of piperazine rings is 1. The summed E-state index contributed by atoms with van der Waals surface area (Å²) in [4.78, 5) is 12.0. The topological polar surface area (TPSA) is 59.0 Å². The van der Waals surface area contributed by atoms with Crippen molar-refractivity contribution in [2.24, 2.45) is 7.05 Å². The van der Waals surface area contributed by atoms with Crippen LogP contribution in [0.5, 0.6) is 0 Å². The third-order valence-electron chi connectivity index (χ3n) is 3.32. The second-order valence-corrected chi connectivity index (χ2v) is 4.67. The monoisotopic (exact) mass is 256 g/mol. The summed E-state index contributed by atoms with van der Waals surface area (Å²) in [5, 5.41) is 10.3. The zero-order valence-electron chi connectivity index (χ0n) is 10.8. The van der Waals surface area contributed by atoms with Crippen LogP contribution in [0.3, 0.4) is 0 Å². The molecule has 1 aliphatic heterocycles. The molecule has 2 heterocycles. The van der Waals surface area contributed by atoms with Crippen molar-refractivity contribution in [1.29, 1.82) is 0 Å². The van der Waals surface area contributed by atoms with Crippen LogP contribution in [-0.2, 0) is 11.8 Å². The van der Waals surface area contributed by atoms with Gasteiger partial charge in [-0.3, -0.25) is 9.48 Å². The largest absolute Gasteiger partial charge is 0.353 e. The molecule has 1 saturated heterocycles. The molecule has 0 saturated carbocycles. The molecule has 5 nitrogen and oxygen atoms in total. The summed E-state index contributed by atoms with van der Waals surface area (Å²) in [6, 6.07) is 7.66. The summed E-state index contributed by atoms with van der Waals surface area (Å²) >= 11 is 0. The van der Waals surface area contributed by atoms with E-state index in [0.29, 0.717) is 6.54 Å². The Bertz CT molecular complexity index is 605. The summed E-state index contributed by atoms with van der Waals surface area (Å²) in [7, 11) is 1.89. The van der Waals surface area contributed by atoms with Gasteiger partial charge in [-0.2, -0.15) is 5.10 Å². The molecule has 1 amide bonds. The van der Waals surface area contributed by atoms with Gasteiger partial charge in [0, 0.05) is 31.9 Å². The molecule has 98 valence electrons. The highest BCUT2D eigenvalue weighted by atomic mass is 16.2. The zero-order valence-corrected chi connectivity index (χ0v) is 10.8. The van der Waals surface area contributed by atoms with E-state index in [-0.39, 0.29) is 11.9 Å². The van der Waals surface area contributed by atoms with Crippen LogP contribution in [-0.4, -0.2) is 28.8 Å². The number of carbonyl (C=O) groups excluding carboxylic acids is 1. The summed E-state index contributed by atoms with van der Waals surface area (Å²) in [6.45, 7) is 1.47. The number of rotatable bonds is 2. The Hall–Kier alpha value is -2.14. The van der Waals surface area contributed by atoms with E-state index in [1.807, 2.05) is 43.7 Å². The lowest BCUT2D eigenvalue weighted by Crippen LogP contribution is -2.47. The molecule has 0 radical (unpaired) electrons. The van der Waals surface area contributed by atoms with E-state index in [9.17, 15) is 4.79 Å². The minimum absolute atomic E-state index is 0.0302. The van der Waals surface area contributed by atoms with Gasteiger partial charge in [0.1, 0.15) is 6.04 Å². The first-order valence-electron chi connectivity index (χ1n) is 6.35. The summed E-state index contributed by atoms with van der Waals surface area (Å²) in [5.74, 6) is 0.0302. The fraction of sp³-hybridized carbons (Fsp3) is 0.286. The Kier molecular flexibility index (Phi) is 3.05. The third-order valence-corrected chi connectivity index (χ3v) is 3.32. The molecule has 5 heteroatoms. The molecule has 2 N–H and O–H groups in total. The van der Waals surface area contributed by atoms with Gasteiger partial charge in [-0.05, 0) is 11.1 Å². The number of benzene rings is 1.